The number of esters is 2. The zero-order valence-corrected chi connectivity index (χ0v) is 17.7. The molecule has 0 N–H and O–H groups in total. The van der Waals surface area contributed by atoms with E-state index in [0.717, 1.165) is 19.3 Å². The highest BCUT2D eigenvalue weighted by Gasteiger charge is 2.35. The first-order chi connectivity index (χ1) is 13.1. The lowest BCUT2D eigenvalue weighted by Gasteiger charge is -2.18. The van der Waals surface area contributed by atoms with Crippen molar-refractivity contribution in [3.63, 3.8) is 0 Å². The molecule has 0 aromatic heterocycles. The molecule has 0 aromatic carbocycles. The van der Waals surface area contributed by atoms with Crippen molar-refractivity contribution in [3.05, 3.63) is 0 Å². The average molecular weight is 385 g/mol. The lowest BCUT2D eigenvalue weighted by atomic mass is 9.99. The van der Waals surface area contributed by atoms with Crippen LogP contribution in [-0.2, 0) is 23.8 Å². The predicted octanol–water partition coefficient (Wildman–Crippen LogP) is 5.20. The van der Waals surface area contributed by atoms with Crippen LogP contribution in [0.1, 0.15) is 96.8 Å². The predicted molar refractivity (Wildman–Crippen MR) is 106 cm³/mol. The fourth-order valence-electron chi connectivity index (χ4n) is 3.86. The molecule has 2 unspecified atom stereocenters. The molecule has 1 fully saturated rings. The van der Waals surface area contributed by atoms with Crippen LogP contribution < -0.4 is 0 Å². The van der Waals surface area contributed by atoms with Gasteiger partial charge in [-0.2, -0.15) is 0 Å². The van der Waals surface area contributed by atoms with Crippen molar-refractivity contribution in [1.29, 1.82) is 0 Å². The van der Waals surface area contributed by atoms with Gasteiger partial charge in [0.1, 0.15) is 0 Å². The third-order valence-electron chi connectivity index (χ3n) is 5.55. The number of carbonyl (C=O) groups excluding carboxylic acids is 2. The zero-order valence-electron chi connectivity index (χ0n) is 17.7. The van der Waals surface area contributed by atoms with Crippen LogP contribution in [0.25, 0.3) is 0 Å². The summed E-state index contributed by atoms with van der Waals surface area (Å²) in [5.74, 6) is -1.95. The number of unbranched alkanes of at least 4 members (excludes halogenated alkanes) is 9. The van der Waals surface area contributed by atoms with Crippen molar-refractivity contribution < 1.29 is 23.8 Å². The number of ether oxygens (including phenoxy) is 3. The largest absolute Gasteiger partial charge is 0.468 e. The highest BCUT2D eigenvalue weighted by Crippen LogP contribution is 2.29. The Labute approximate surface area is 165 Å². The molecule has 27 heavy (non-hydrogen) atoms. The molecular weight excluding hydrogens is 344 g/mol. The molecule has 0 bridgehead atoms. The van der Waals surface area contributed by atoms with Crippen molar-refractivity contribution in [1.82, 2.24) is 0 Å². The smallest absolute Gasteiger partial charge is 0.320 e. The summed E-state index contributed by atoms with van der Waals surface area (Å²) in [5, 5.41) is 0. The van der Waals surface area contributed by atoms with E-state index in [0.29, 0.717) is 6.42 Å². The summed E-state index contributed by atoms with van der Waals surface area (Å²) in [7, 11) is 2.59. The maximum atomic E-state index is 11.8. The number of hydrogen-bond acceptors (Lipinski definition) is 5. The second-order valence-corrected chi connectivity index (χ2v) is 7.76. The zero-order chi connectivity index (χ0) is 19.9. The molecule has 0 aliphatic carbocycles. The lowest BCUT2D eigenvalue weighted by molar-refractivity contribution is -0.160. The Morgan fingerprint density at radius 3 is 1.81 bits per heavy atom. The van der Waals surface area contributed by atoms with Gasteiger partial charge in [0.25, 0.3) is 0 Å². The average Bonchev–Trinajstić information content (AvgIpc) is 3.13. The Morgan fingerprint density at radius 2 is 1.30 bits per heavy atom. The Hall–Kier alpha value is -1.10. The molecule has 1 saturated heterocycles. The molecule has 1 aliphatic rings. The Morgan fingerprint density at radius 1 is 0.815 bits per heavy atom. The minimum atomic E-state index is -0.874. The van der Waals surface area contributed by atoms with E-state index in [4.69, 9.17) is 14.2 Å². The second-order valence-electron chi connectivity index (χ2n) is 7.76. The minimum absolute atomic E-state index is 0.0543. The van der Waals surface area contributed by atoms with Crippen molar-refractivity contribution >= 4 is 11.9 Å². The fraction of sp³-hybridized carbons (Fsp3) is 0.909. The van der Waals surface area contributed by atoms with E-state index in [-0.39, 0.29) is 12.2 Å². The minimum Gasteiger partial charge on any atom is -0.468 e. The molecule has 0 spiro atoms. The molecule has 5 nitrogen and oxygen atoms in total. The van der Waals surface area contributed by atoms with E-state index in [1.54, 1.807) is 0 Å². The van der Waals surface area contributed by atoms with Crippen LogP contribution >= 0.6 is 0 Å². The monoisotopic (exact) mass is 384 g/mol. The normalized spacial score (nSPS) is 19.4. The van der Waals surface area contributed by atoms with Crippen LogP contribution in [-0.4, -0.2) is 38.4 Å². The van der Waals surface area contributed by atoms with Gasteiger partial charge in [-0.05, 0) is 25.7 Å². The molecule has 158 valence electrons. The Bertz CT molecular complexity index is 394. The maximum absolute atomic E-state index is 11.8. The molecule has 0 amide bonds. The summed E-state index contributed by atoms with van der Waals surface area (Å²) in [5.41, 5.74) is 0. The van der Waals surface area contributed by atoms with Gasteiger partial charge in [0.2, 0.25) is 0 Å². The van der Waals surface area contributed by atoms with Gasteiger partial charge in [-0.3, -0.25) is 9.59 Å². The number of hydrogen-bond donors (Lipinski definition) is 0. The fourth-order valence-corrected chi connectivity index (χ4v) is 3.86. The standard InChI is InChI=1S/C22H40O5/c1-4-5-6-7-8-9-10-11-12-13-14-18-15-16-19(27-18)17-20(21(23)25-2)22(24)26-3/h18-20H,4-17H2,1-3H3. The maximum Gasteiger partial charge on any atom is 0.320 e. The number of methoxy groups -OCH3 is 2. The highest BCUT2D eigenvalue weighted by atomic mass is 16.5. The van der Waals surface area contributed by atoms with E-state index in [2.05, 4.69) is 6.92 Å². The molecule has 0 aromatic rings. The van der Waals surface area contributed by atoms with Crippen molar-refractivity contribution in [3.8, 4) is 0 Å². The molecule has 0 radical (unpaired) electrons. The second kappa shape index (κ2) is 14.9. The van der Waals surface area contributed by atoms with Gasteiger partial charge in [0.05, 0.1) is 26.4 Å². The molecular formula is C22H40O5. The SMILES string of the molecule is CCCCCCCCCCCCC1CCC(CC(C(=O)OC)C(=O)OC)O1. The number of carbonyl (C=O) groups is 2. The summed E-state index contributed by atoms with van der Waals surface area (Å²) in [4.78, 5) is 23.5. The summed E-state index contributed by atoms with van der Waals surface area (Å²) in [6.45, 7) is 2.26. The van der Waals surface area contributed by atoms with Crippen LogP contribution in [0, 0.1) is 5.92 Å². The van der Waals surface area contributed by atoms with Gasteiger partial charge >= 0.3 is 11.9 Å². The molecule has 2 atom stereocenters. The highest BCUT2D eigenvalue weighted by molar-refractivity contribution is 5.94. The first-order valence-corrected chi connectivity index (χ1v) is 10.9. The van der Waals surface area contributed by atoms with Crippen molar-refractivity contribution in [2.45, 2.75) is 109 Å². The summed E-state index contributed by atoms with van der Waals surface area (Å²) in [6, 6.07) is 0. The summed E-state index contributed by atoms with van der Waals surface area (Å²) < 4.78 is 15.5. The van der Waals surface area contributed by atoms with Gasteiger partial charge in [-0.1, -0.05) is 71.1 Å². The molecule has 0 saturated carbocycles. The molecule has 1 rings (SSSR count). The van der Waals surface area contributed by atoms with Gasteiger partial charge in [-0.15, -0.1) is 0 Å². The van der Waals surface area contributed by atoms with Crippen LogP contribution in [0.4, 0.5) is 0 Å². The van der Waals surface area contributed by atoms with Crippen LogP contribution in [0.3, 0.4) is 0 Å². The topological polar surface area (TPSA) is 61.8 Å². The third kappa shape index (κ3) is 10.1. The van der Waals surface area contributed by atoms with Gasteiger partial charge in [-0.25, -0.2) is 0 Å². The van der Waals surface area contributed by atoms with Crippen LogP contribution in [0.5, 0.6) is 0 Å². The lowest BCUT2D eigenvalue weighted by Crippen LogP contribution is -2.30. The van der Waals surface area contributed by atoms with Gasteiger partial charge < -0.3 is 14.2 Å². The first-order valence-electron chi connectivity index (χ1n) is 10.9. The third-order valence-corrected chi connectivity index (χ3v) is 5.55. The van der Waals surface area contributed by atoms with Crippen molar-refractivity contribution in [2.24, 2.45) is 5.92 Å². The van der Waals surface area contributed by atoms with E-state index < -0.39 is 17.9 Å². The van der Waals surface area contributed by atoms with Gasteiger partial charge in [0, 0.05) is 0 Å². The molecule has 5 heteroatoms. The molecule has 1 aliphatic heterocycles. The van der Waals surface area contributed by atoms with E-state index in [1.165, 1.54) is 78.4 Å². The number of rotatable bonds is 15. The van der Waals surface area contributed by atoms with E-state index in [9.17, 15) is 9.59 Å². The van der Waals surface area contributed by atoms with Gasteiger partial charge in [0.15, 0.2) is 5.92 Å². The van der Waals surface area contributed by atoms with E-state index in [1.807, 2.05) is 0 Å². The Balaban J connectivity index is 2.10. The quantitative estimate of drug-likeness (QED) is 0.221. The first kappa shape index (κ1) is 23.9. The van der Waals surface area contributed by atoms with Crippen molar-refractivity contribution in [2.75, 3.05) is 14.2 Å². The Kier molecular flexibility index (Phi) is 13.2. The van der Waals surface area contributed by atoms with E-state index >= 15 is 0 Å². The van der Waals surface area contributed by atoms with Crippen LogP contribution in [0.2, 0.25) is 0 Å². The van der Waals surface area contributed by atoms with Crippen LogP contribution in [0.15, 0.2) is 0 Å². The summed E-state index contributed by atoms with van der Waals surface area (Å²) >= 11 is 0. The molecule has 1 heterocycles. The summed E-state index contributed by atoms with van der Waals surface area (Å²) in [6.07, 6.45) is 16.9.